The summed E-state index contributed by atoms with van der Waals surface area (Å²) < 4.78 is 54.3. The summed E-state index contributed by atoms with van der Waals surface area (Å²) in [4.78, 5) is 15.4. The number of aromatic nitrogens is 2. The minimum absolute atomic E-state index is 0.0201. The molecular formula is C20H15F4N3O2. The lowest BCUT2D eigenvalue weighted by Gasteiger charge is -2.22. The zero-order valence-corrected chi connectivity index (χ0v) is 15.2. The molecule has 1 atom stereocenters. The van der Waals surface area contributed by atoms with E-state index in [1.807, 2.05) is 0 Å². The summed E-state index contributed by atoms with van der Waals surface area (Å²) >= 11 is 0. The number of carbonyl (C=O) groups excluding carboxylic acids is 1. The molecule has 29 heavy (non-hydrogen) atoms. The SMILES string of the molecule is [C-]#[N+]c1ccc(CC(=O)[C@@](C)(O)Cn2cc3c(F)cccc3n2)cc1C(F)(F)F. The predicted octanol–water partition coefficient (Wildman–Crippen LogP) is 4.31. The summed E-state index contributed by atoms with van der Waals surface area (Å²) in [6.45, 7) is 7.76. The van der Waals surface area contributed by atoms with Crippen molar-refractivity contribution in [2.24, 2.45) is 0 Å². The number of hydrogen-bond donors (Lipinski definition) is 1. The number of nitrogens with zero attached hydrogens (tertiary/aromatic N) is 3. The van der Waals surface area contributed by atoms with Gasteiger partial charge in [0.15, 0.2) is 11.5 Å². The highest BCUT2D eigenvalue weighted by Gasteiger charge is 2.35. The van der Waals surface area contributed by atoms with Crippen molar-refractivity contribution in [1.82, 2.24) is 9.78 Å². The number of rotatable bonds is 5. The third-order valence-electron chi connectivity index (χ3n) is 4.47. The van der Waals surface area contributed by atoms with Crippen molar-refractivity contribution >= 4 is 22.4 Å². The minimum atomic E-state index is -4.74. The van der Waals surface area contributed by atoms with Gasteiger partial charge in [-0.3, -0.25) is 9.48 Å². The van der Waals surface area contributed by atoms with Crippen molar-refractivity contribution in [3.05, 3.63) is 71.0 Å². The zero-order valence-electron chi connectivity index (χ0n) is 15.2. The Bertz CT molecular complexity index is 1130. The van der Waals surface area contributed by atoms with E-state index >= 15 is 0 Å². The molecule has 150 valence electrons. The predicted molar refractivity (Wildman–Crippen MR) is 96.7 cm³/mol. The molecule has 3 rings (SSSR count). The van der Waals surface area contributed by atoms with Crippen molar-refractivity contribution in [2.45, 2.75) is 31.7 Å². The molecule has 0 radical (unpaired) electrons. The Labute approximate surface area is 163 Å². The molecule has 3 aromatic rings. The largest absolute Gasteiger partial charge is 0.407 e. The molecule has 0 amide bonds. The van der Waals surface area contributed by atoms with Crippen molar-refractivity contribution in [3.63, 3.8) is 0 Å². The molecular weight excluding hydrogens is 390 g/mol. The topological polar surface area (TPSA) is 59.5 Å². The number of aliphatic hydroxyl groups is 1. The summed E-state index contributed by atoms with van der Waals surface area (Å²) in [6, 6.07) is 7.28. The maximum Gasteiger partial charge on any atom is 0.407 e. The average molecular weight is 405 g/mol. The lowest BCUT2D eigenvalue weighted by Crippen LogP contribution is -2.40. The van der Waals surface area contributed by atoms with E-state index in [9.17, 15) is 27.5 Å². The van der Waals surface area contributed by atoms with E-state index in [1.54, 1.807) is 6.07 Å². The van der Waals surface area contributed by atoms with E-state index in [0.29, 0.717) is 5.52 Å². The van der Waals surface area contributed by atoms with Crippen LogP contribution < -0.4 is 0 Å². The summed E-state index contributed by atoms with van der Waals surface area (Å²) in [5, 5.41) is 14.9. The molecule has 0 aliphatic heterocycles. The third kappa shape index (κ3) is 4.27. The molecule has 0 unspecified atom stereocenters. The molecule has 1 heterocycles. The number of halogens is 4. The van der Waals surface area contributed by atoms with Gasteiger partial charge >= 0.3 is 6.18 Å². The molecule has 0 saturated heterocycles. The van der Waals surface area contributed by atoms with Crippen LogP contribution in [0.3, 0.4) is 0 Å². The van der Waals surface area contributed by atoms with Gasteiger partial charge in [0.25, 0.3) is 0 Å². The summed E-state index contributed by atoms with van der Waals surface area (Å²) in [5.41, 5.74) is -3.28. The van der Waals surface area contributed by atoms with E-state index in [-0.39, 0.29) is 17.5 Å². The van der Waals surface area contributed by atoms with Gasteiger partial charge in [0.2, 0.25) is 0 Å². The number of benzene rings is 2. The Morgan fingerprint density at radius 1 is 1.28 bits per heavy atom. The fraction of sp³-hybridized carbons (Fsp3) is 0.250. The van der Waals surface area contributed by atoms with Crippen LogP contribution in [0.4, 0.5) is 23.2 Å². The molecule has 0 bridgehead atoms. The van der Waals surface area contributed by atoms with Gasteiger partial charge in [0.05, 0.1) is 29.6 Å². The third-order valence-corrected chi connectivity index (χ3v) is 4.47. The second kappa shape index (κ2) is 7.29. The first-order chi connectivity index (χ1) is 13.5. The number of hydrogen-bond acceptors (Lipinski definition) is 3. The fourth-order valence-electron chi connectivity index (χ4n) is 2.94. The van der Waals surface area contributed by atoms with Crippen molar-refractivity contribution < 1.29 is 27.5 Å². The van der Waals surface area contributed by atoms with Crippen LogP contribution >= 0.6 is 0 Å². The highest BCUT2D eigenvalue weighted by molar-refractivity contribution is 5.88. The number of carbonyl (C=O) groups is 1. The standard InChI is InChI=1S/C20H15F4N3O2/c1-19(29,11-27-10-13-15(21)4-3-5-16(13)26-27)18(28)9-12-6-7-17(25-2)14(8-12)20(22,23)24/h3-8,10,29H,9,11H2,1H3/t19-/m0/s1. The average Bonchev–Trinajstić information content (AvgIpc) is 3.04. The monoisotopic (exact) mass is 405 g/mol. The lowest BCUT2D eigenvalue weighted by molar-refractivity contribution is -0.138. The van der Waals surface area contributed by atoms with Crippen molar-refractivity contribution in [1.29, 1.82) is 0 Å². The second-order valence-electron chi connectivity index (χ2n) is 6.83. The van der Waals surface area contributed by atoms with Crippen LogP contribution in [0.25, 0.3) is 15.7 Å². The Morgan fingerprint density at radius 2 is 2.00 bits per heavy atom. The second-order valence-corrected chi connectivity index (χ2v) is 6.83. The van der Waals surface area contributed by atoms with Gasteiger partial charge in [0, 0.05) is 12.6 Å². The minimum Gasteiger partial charge on any atom is -0.380 e. The fourth-order valence-corrected chi connectivity index (χ4v) is 2.94. The molecule has 5 nitrogen and oxygen atoms in total. The maximum atomic E-state index is 13.8. The zero-order chi connectivity index (χ0) is 21.4. The molecule has 0 spiro atoms. The van der Waals surface area contributed by atoms with Gasteiger partial charge in [0.1, 0.15) is 11.4 Å². The molecule has 1 N–H and O–H groups in total. The van der Waals surface area contributed by atoms with Gasteiger partial charge < -0.3 is 5.11 Å². The Morgan fingerprint density at radius 3 is 2.62 bits per heavy atom. The van der Waals surface area contributed by atoms with Gasteiger partial charge in [-0.25, -0.2) is 9.24 Å². The normalized spacial score (nSPS) is 13.8. The van der Waals surface area contributed by atoms with Gasteiger partial charge in [-0.1, -0.05) is 24.3 Å². The first-order valence-corrected chi connectivity index (χ1v) is 8.46. The van der Waals surface area contributed by atoms with Gasteiger partial charge in [-0.15, -0.1) is 0 Å². The Hall–Kier alpha value is -3.25. The van der Waals surface area contributed by atoms with Crippen LogP contribution in [0.1, 0.15) is 18.1 Å². The smallest absolute Gasteiger partial charge is 0.380 e. The summed E-state index contributed by atoms with van der Waals surface area (Å²) in [7, 11) is 0. The lowest BCUT2D eigenvalue weighted by atomic mass is 9.94. The molecule has 0 saturated carbocycles. The first-order valence-electron chi connectivity index (χ1n) is 8.46. The van der Waals surface area contributed by atoms with Crippen LogP contribution in [-0.4, -0.2) is 26.3 Å². The van der Waals surface area contributed by atoms with Crippen molar-refractivity contribution in [2.75, 3.05) is 0 Å². The molecule has 0 aliphatic carbocycles. The van der Waals surface area contributed by atoms with E-state index < -0.39 is 41.0 Å². The van der Waals surface area contributed by atoms with Crippen LogP contribution in [-0.2, 0) is 23.9 Å². The van der Waals surface area contributed by atoms with Crippen LogP contribution in [0.15, 0.2) is 42.6 Å². The summed E-state index contributed by atoms with van der Waals surface area (Å²) in [6.07, 6.45) is -3.86. The Balaban J connectivity index is 1.82. The number of ketones is 1. The number of alkyl halides is 3. The maximum absolute atomic E-state index is 13.8. The highest BCUT2D eigenvalue weighted by Crippen LogP contribution is 2.37. The van der Waals surface area contributed by atoms with Gasteiger partial charge in [-0.05, 0) is 24.6 Å². The number of fused-ring (bicyclic) bond motifs is 1. The van der Waals surface area contributed by atoms with E-state index in [2.05, 4.69) is 9.94 Å². The van der Waals surface area contributed by atoms with Crippen LogP contribution in [0.5, 0.6) is 0 Å². The molecule has 9 heteroatoms. The molecule has 1 aromatic heterocycles. The molecule has 0 fully saturated rings. The van der Waals surface area contributed by atoms with Gasteiger partial charge in [-0.2, -0.15) is 18.3 Å². The van der Waals surface area contributed by atoms with Crippen LogP contribution in [0.2, 0.25) is 0 Å². The van der Waals surface area contributed by atoms with E-state index in [4.69, 9.17) is 6.57 Å². The van der Waals surface area contributed by atoms with Crippen LogP contribution in [0, 0.1) is 12.4 Å². The quantitative estimate of drug-likeness (QED) is 0.508. The van der Waals surface area contributed by atoms with Crippen molar-refractivity contribution in [3.8, 4) is 0 Å². The molecule has 2 aromatic carbocycles. The van der Waals surface area contributed by atoms with E-state index in [0.717, 1.165) is 12.1 Å². The Kier molecular flexibility index (Phi) is 5.15. The first kappa shape index (κ1) is 20.5. The van der Waals surface area contributed by atoms with E-state index in [1.165, 1.54) is 36.0 Å². The summed E-state index contributed by atoms with van der Waals surface area (Å²) in [5.74, 6) is -1.24. The number of Topliss-reactive ketones (excluding diaryl/α,β-unsaturated/α-hetero) is 1. The highest BCUT2D eigenvalue weighted by atomic mass is 19.4. The molecule has 0 aliphatic rings.